The highest BCUT2D eigenvalue weighted by Gasteiger charge is 2.19. The minimum atomic E-state index is -0.210. The molecular formula is C23H23ClN4OS2. The molecule has 0 aliphatic rings. The normalized spacial score (nSPS) is 12.2. The summed E-state index contributed by atoms with van der Waals surface area (Å²) >= 11 is 9.50. The van der Waals surface area contributed by atoms with Crippen LogP contribution in [-0.2, 0) is 12.8 Å². The van der Waals surface area contributed by atoms with Crippen LogP contribution in [0.25, 0.3) is 10.6 Å². The Labute approximate surface area is 195 Å². The maximum absolute atomic E-state index is 6.30. The zero-order valence-corrected chi connectivity index (χ0v) is 20.2. The predicted octanol–water partition coefficient (Wildman–Crippen LogP) is 6.64. The van der Waals surface area contributed by atoms with Gasteiger partial charge in [-0.15, -0.1) is 21.5 Å². The van der Waals surface area contributed by atoms with Crippen molar-refractivity contribution in [2.24, 2.45) is 7.05 Å². The Kier molecular flexibility index (Phi) is 6.65. The molecule has 2 heterocycles. The third-order valence-electron chi connectivity index (χ3n) is 5.10. The van der Waals surface area contributed by atoms with Crippen LogP contribution in [0, 0.1) is 13.8 Å². The van der Waals surface area contributed by atoms with Crippen molar-refractivity contribution < 1.29 is 4.74 Å². The van der Waals surface area contributed by atoms with Crippen molar-refractivity contribution >= 4 is 34.7 Å². The van der Waals surface area contributed by atoms with E-state index in [1.165, 1.54) is 5.56 Å². The van der Waals surface area contributed by atoms with E-state index in [0.29, 0.717) is 10.8 Å². The van der Waals surface area contributed by atoms with Crippen molar-refractivity contribution in [2.45, 2.75) is 37.8 Å². The Hall–Kier alpha value is -2.35. The van der Waals surface area contributed by atoms with Gasteiger partial charge in [-0.25, -0.2) is 4.98 Å². The van der Waals surface area contributed by atoms with Crippen molar-refractivity contribution in [1.29, 1.82) is 0 Å². The van der Waals surface area contributed by atoms with Crippen LogP contribution in [0.15, 0.2) is 53.0 Å². The quantitative estimate of drug-likeness (QED) is 0.283. The molecule has 2 aromatic heterocycles. The average Bonchev–Trinajstić information content (AvgIpc) is 3.37. The first-order valence-corrected chi connectivity index (χ1v) is 12.1. The number of halogens is 1. The summed E-state index contributed by atoms with van der Waals surface area (Å²) in [6, 6.07) is 13.8. The summed E-state index contributed by atoms with van der Waals surface area (Å²) < 4.78 is 8.16. The summed E-state index contributed by atoms with van der Waals surface area (Å²) in [5.41, 5.74) is 4.31. The zero-order valence-electron chi connectivity index (χ0n) is 17.8. The molecule has 5 nitrogen and oxygen atoms in total. The molecule has 160 valence electrons. The average molecular weight is 471 g/mol. The van der Waals surface area contributed by atoms with Crippen LogP contribution in [-0.4, -0.2) is 19.7 Å². The number of aryl methyl sites for hydroxylation is 1. The maximum Gasteiger partial charge on any atom is 0.191 e. The first-order valence-electron chi connectivity index (χ1n) is 9.88. The standard InChI is InChI=1S/C23H23ClN4OS2/c1-14-8-7-11-20(15(14)2)29-16(3)21-26-27-23(28(21)4)31-13-17-12-30-22(25-17)18-9-5-6-10-19(18)24/h5-12,16H,13H2,1-4H3. The fourth-order valence-corrected chi connectivity index (χ4v) is 5.23. The Balaban J connectivity index is 1.43. The molecule has 0 saturated heterocycles. The van der Waals surface area contributed by atoms with Gasteiger partial charge in [0.25, 0.3) is 0 Å². The number of hydrogen-bond acceptors (Lipinski definition) is 6. The van der Waals surface area contributed by atoms with Gasteiger partial charge in [-0.2, -0.15) is 0 Å². The van der Waals surface area contributed by atoms with Crippen molar-refractivity contribution in [1.82, 2.24) is 19.7 Å². The van der Waals surface area contributed by atoms with Crippen LogP contribution in [0.1, 0.15) is 35.7 Å². The number of rotatable bonds is 7. The molecule has 2 aromatic carbocycles. The Morgan fingerprint density at radius 1 is 1.13 bits per heavy atom. The van der Waals surface area contributed by atoms with Gasteiger partial charge < -0.3 is 9.30 Å². The topological polar surface area (TPSA) is 52.8 Å². The minimum Gasteiger partial charge on any atom is -0.482 e. The van der Waals surface area contributed by atoms with Gasteiger partial charge in [-0.05, 0) is 44.0 Å². The van der Waals surface area contributed by atoms with E-state index in [1.807, 2.05) is 54.9 Å². The van der Waals surface area contributed by atoms with E-state index in [0.717, 1.165) is 38.6 Å². The molecule has 0 radical (unpaired) electrons. The van der Waals surface area contributed by atoms with Crippen LogP contribution in [0.2, 0.25) is 5.02 Å². The molecule has 1 unspecified atom stereocenters. The maximum atomic E-state index is 6.30. The molecule has 0 amide bonds. The monoisotopic (exact) mass is 470 g/mol. The number of ether oxygens (including phenoxy) is 1. The van der Waals surface area contributed by atoms with E-state index in [9.17, 15) is 0 Å². The van der Waals surface area contributed by atoms with E-state index < -0.39 is 0 Å². The second kappa shape index (κ2) is 9.42. The van der Waals surface area contributed by atoms with Gasteiger partial charge in [0.2, 0.25) is 0 Å². The van der Waals surface area contributed by atoms with Gasteiger partial charge in [0.1, 0.15) is 10.8 Å². The number of benzene rings is 2. The third-order valence-corrected chi connectivity index (χ3v) is 7.40. The second-order valence-electron chi connectivity index (χ2n) is 7.27. The highest BCUT2D eigenvalue weighted by molar-refractivity contribution is 7.98. The Morgan fingerprint density at radius 2 is 1.94 bits per heavy atom. The summed E-state index contributed by atoms with van der Waals surface area (Å²) in [5.74, 6) is 2.37. The number of thioether (sulfide) groups is 1. The number of nitrogens with zero attached hydrogens (tertiary/aromatic N) is 4. The van der Waals surface area contributed by atoms with Crippen LogP contribution in [0.3, 0.4) is 0 Å². The first kappa shape index (κ1) is 21.9. The lowest BCUT2D eigenvalue weighted by molar-refractivity contribution is 0.210. The van der Waals surface area contributed by atoms with Crippen molar-refractivity contribution in [3.63, 3.8) is 0 Å². The lowest BCUT2D eigenvalue weighted by Crippen LogP contribution is -2.10. The van der Waals surface area contributed by atoms with Crippen LogP contribution >= 0.6 is 34.7 Å². The predicted molar refractivity (Wildman–Crippen MR) is 128 cm³/mol. The lowest BCUT2D eigenvalue weighted by Gasteiger charge is -2.16. The molecule has 0 bridgehead atoms. The Morgan fingerprint density at radius 3 is 2.74 bits per heavy atom. The largest absolute Gasteiger partial charge is 0.482 e. The van der Waals surface area contributed by atoms with Gasteiger partial charge in [0.15, 0.2) is 17.1 Å². The summed E-state index contributed by atoms with van der Waals surface area (Å²) in [6.07, 6.45) is -0.210. The molecule has 0 spiro atoms. The molecule has 4 rings (SSSR count). The smallest absolute Gasteiger partial charge is 0.191 e. The highest BCUT2D eigenvalue weighted by atomic mass is 35.5. The number of hydrogen-bond donors (Lipinski definition) is 0. The van der Waals surface area contributed by atoms with Crippen LogP contribution < -0.4 is 4.74 Å². The van der Waals surface area contributed by atoms with Crippen LogP contribution in [0.5, 0.6) is 5.75 Å². The van der Waals surface area contributed by atoms with E-state index in [1.54, 1.807) is 23.1 Å². The van der Waals surface area contributed by atoms with Gasteiger partial charge in [-0.1, -0.05) is 53.7 Å². The number of thiazole rings is 1. The molecule has 0 saturated carbocycles. The summed E-state index contributed by atoms with van der Waals surface area (Å²) in [6.45, 7) is 6.15. The van der Waals surface area contributed by atoms with Crippen molar-refractivity contribution in [3.8, 4) is 16.3 Å². The molecule has 0 N–H and O–H groups in total. The summed E-state index contributed by atoms with van der Waals surface area (Å²) in [4.78, 5) is 4.73. The van der Waals surface area contributed by atoms with Crippen LogP contribution in [0.4, 0.5) is 0 Å². The van der Waals surface area contributed by atoms with Gasteiger partial charge in [-0.3, -0.25) is 0 Å². The molecular weight excluding hydrogens is 448 g/mol. The second-order valence-corrected chi connectivity index (χ2v) is 9.48. The minimum absolute atomic E-state index is 0.210. The van der Waals surface area contributed by atoms with Crippen molar-refractivity contribution in [3.05, 3.63) is 75.5 Å². The molecule has 8 heteroatoms. The SMILES string of the molecule is Cc1cccc(OC(C)c2nnc(SCc3csc(-c4ccccc4Cl)n3)n2C)c1C. The van der Waals surface area contributed by atoms with Gasteiger partial charge in [0.05, 0.1) is 10.7 Å². The molecule has 1 atom stereocenters. The van der Waals surface area contributed by atoms with E-state index >= 15 is 0 Å². The molecule has 0 aliphatic heterocycles. The Bertz CT molecular complexity index is 1200. The summed E-state index contributed by atoms with van der Waals surface area (Å²) in [5, 5.41) is 13.3. The van der Waals surface area contributed by atoms with E-state index in [4.69, 9.17) is 21.3 Å². The zero-order chi connectivity index (χ0) is 22.0. The molecule has 31 heavy (non-hydrogen) atoms. The van der Waals surface area contributed by atoms with E-state index in [-0.39, 0.29) is 6.10 Å². The van der Waals surface area contributed by atoms with Gasteiger partial charge in [0, 0.05) is 23.7 Å². The first-order chi connectivity index (χ1) is 14.9. The summed E-state index contributed by atoms with van der Waals surface area (Å²) in [7, 11) is 1.97. The fourth-order valence-electron chi connectivity index (χ4n) is 3.17. The number of aromatic nitrogens is 4. The van der Waals surface area contributed by atoms with E-state index in [2.05, 4.69) is 35.5 Å². The molecule has 0 fully saturated rings. The molecule has 4 aromatic rings. The fraction of sp³-hybridized carbons (Fsp3) is 0.261. The third kappa shape index (κ3) is 4.79. The molecule has 0 aliphatic carbocycles. The highest BCUT2D eigenvalue weighted by Crippen LogP contribution is 2.32. The van der Waals surface area contributed by atoms with Crippen molar-refractivity contribution in [2.75, 3.05) is 0 Å². The van der Waals surface area contributed by atoms with Gasteiger partial charge >= 0.3 is 0 Å². The lowest BCUT2D eigenvalue weighted by atomic mass is 10.1.